The van der Waals surface area contributed by atoms with Crippen LogP contribution >= 0.6 is 22.4 Å². The first kappa shape index (κ1) is 29.4. The molecule has 0 saturated heterocycles. The molecule has 0 spiro atoms. The Labute approximate surface area is 203 Å². The lowest BCUT2D eigenvalue weighted by atomic mass is 8.39. The molecule has 27 radical (unpaired) electrons. The smallest absolute Gasteiger partial charge is 0.120 e. The maximum atomic E-state index is 6.03. The molecule has 0 N–H and O–H groups in total. The van der Waals surface area contributed by atoms with Gasteiger partial charge < -0.3 is 0 Å². The Balaban J connectivity index is 6.36. The van der Waals surface area contributed by atoms with Crippen LogP contribution in [0.2, 0.25) is 0 Å². The van der Waals surface area contributed by atoms with E-state index in [2.05, 4.69) is 22.4 Å². The third-order valence-corrected chi connectivity index (χ3v) is 6.62. The van der Waals surface area contributed by atoms with E-state index in [0.717, 1.165) is 0 Å². The van der Waals surface area contributed by atoms with Crippen molar-refractivity contribution in [1.29, 1.82) is 0 Å². The van der Waals surface area contributed by atoms with E-state index in [1.54, 1.807) is 0 Å². The first-order chi connectivity index (χ1) is 12.3. The predicted molar refractivity (Wildman–Crippen MR) is 164 cm³/mol. The zero-order valence-electron chi connectivity index (χ0n) is 15.4. The van der Waals surface area contributed by atoms with Crippen LogP contribution in [0.3, 0.4) is 0 Å². The molecule has 0 nitrogen and oxygen atoms in total. The van der Waals surface area contributed by atoms with Gasteiger partial charge in [0.1, 0.15) is 4.35 Å². The van der Waals surface area contributed by atoms with Gasteiger partial charge >= 0.3 is 0 Å². The molecule has 0 heterocycles. The molecule has 0 aliphatic heterocycles. The Morgan fingerprint density at radius 2 is 0.741 bits per heavy atom. The van der Waals surface area contributed by atoms with Gasteiger partial charge in [-0.2, -0.15) is 22.4 Å². The highest BCUT2D eigenvalue weighted by molar-refractivity contribution is 14.1. The van der Waals surface area contributed by atoms with Crippen LogP contribution in [0.1, 0.15) is 0 Å². The monoisotopic (exact) mass is 413 g/mol. The Morgan fingerprint density at radius 3 is 0.926 bits per heavy atom. The van der Waals surface area contributed by atoms with Crippen LogP contribution < -0.4 is 0 Å². The van der Waals surface area contributed by atoms with E-state index in [1.807, 2.05) is 0 Å². The van der Waals surface area contributed by atoms with Gasteiger partial charge in [0, 0.05) is 178 Å². The van der Waals surface area contributed by atoms with Crippen LogP contribution in [0.5, 0.6) is 0 Å². The van der Waals surface area contributed by atoms with E-state index in [-0.39, 0.29) is 0 Å². The average molecular weight is 408 g/mol. The standard InChI is InChI=1S/B26I/c1-14-21(15(2)3)24(20(12)13)26(27)25(22(16(4)5)17(6)7)23(18(8)9)19(10)11. The molecule has 0 aromatic heterocycles. The second-order valence-corrected chi connectivity index (χ2v) is 8.43. The van der Waals surface area contributed by atoms with Gasteiger partial charge in [-0.15, -0.1) is 0 Å². The second kappa shape index (κ2) is 13.7. The number of hydrogen-bond donors (Lipinski definition) is 0. The summed E-state index contributed by atoms with van der Waals surface area (Å²) in [7, 11) is 78.6. The van der Waals surface area contributed by atoms with E-state index in [9.17, 15) is 0 Å². The van der Waals surface area contributed by atoms with Crippen molar-refractivity contribution in [1.82, 2.24) is 0 Å². The molecular weight excluding hydrogens is 408 g/mol. The highest BCUT2D eigenvalue weighted by Crippen LogP contribution is 2.16. The Hall–Kier alpha value is 2.42. The minimum absolute atomic E-state index is 0.412. The Kier molecular flexibility index (Phi) is 15.0. The van der Waals surface area contributed by atoms with Gasteiger partial charge in [0.15, 0.2) is 0 Å². The molecule has 0 amide bonds. The van der Waals surface area contributed by atoms with Crippen LogP contribution in [-0.4, -0.2) is 182 Å². The minimum Gasteiger partial charge on any atom is -0.173 e. The lowest BCUT2D eigenvalue weighted by Gasteiger charge is -2.44. The maximum absolute atomic E-state index is 6.03. The van der Waals surface area contributed by atoms with Gasteiger partial charge in [-0.05, 0) is 0 Å². The highest BCUT2D eigenvalue weighted by atomic mass is 127. The lowest BCUT2D eigenvalue weighted by molar-refractivity contribution is 3.33. The number of hydrogen-bond acceptors (Lipinski definition) is 0. The average Bonchev–Trinajstić information content (AvgIpc) is 2.48. The first-order valence-electron chi connectivity index (χ1n) is 8.55. The molecule has 85 valence electrons. The van der Waals surface area contributed by atoms with Crippen LogP contribution in [0, 0.1) is 0 Å². The second-order valence-electron chi connectivity index (χ2n) is 6.99. The molecule has 27 heavy (non-hydrogen) atoms. The molecule has 0 fully saturated rings. The van der Waals surface area contributed by atoms with Crippen molar-refractivity contribution >= 4 is 205 Å². The predicted octanol–water partition coefficient (Wildman–Crippen LogP) is -9.02. The summed E-state index contributed by atoms with van der Waals surface area (Å²) in [6.07, 6.45) is -8.22. The van der Waals surface area contributed by atoms with Gasteiger partial charge in [0.25, 0.3) is 0 Å². The normalized spacial score (nSPS) is 9.37. The topological polar surface area (TPSA) is 0 Å². The van der Waals surface area contributed by atoms with Crippen LogP contribution in [0.15, 0.2) is 0 Å². The first-order valence-corrected chi connectivity index (χ1v) is 9.80. The third kappa shape index (κ3) is 8.46. The summed E-state index contributed by atoms with van der Waals surface area (Å²) in [5, 5.41) is 0. The van der Waals surface area contributed by atoms with Crippen molar-refractivity contribution < 1.29 is 0 Å². The maximum Gasteiger partial charge on any atom is 0.120 e. The van der Waals surface area contributed by atoms with Crippen LogP contribution in [-0.2, 0) is 0 Å². The van der Waals surface area contributed by atoms with Crippen molar-refractivity contribution in [3.63, 3.8) is 0 Å². The summed E-state index contributed by atoms with van der Waals surface area (Å²) in [5.41, 5.74) is 0. The lowest BCUT2D eigenvalue weighted by Crippen LogP contribution is -2.82. The summed E-state index contributed by atoms with van der Waals surface area (Å²) in [4.78, 5) is 0. The number of halogens is 1. The largest absolute Gasteiger partial charge is 0.173 e. The fraction of sp³-hybridized carbons (Fsp3) is 0. The van der Waals surface area contributed by atoms with Crippen LogP contribution in [0.25, 0.3) is 0 Å². The van der Waals surface area contributed by atoms with E-state index in [4.69, 9.17) is 101 Å². The van der Waals surface area contributed by atoms with Gasteiger partial charge in [0.2, 0.25) is 0 Å². The minimum atomic E-state index is -0.909. The summed E-state index contributed by atoms with van der Waals surface area (Å²) in [5.74, 6) is 0. The molecular formula is B26I. The van der Waals surface area contributed by atoms with Crippen molar-refractivity contribution in [2.45, 2.75) is 0 Å². The molecule has 0 aliphatic rings. The summed E-state index contributed by atoms with van der Waals surface area (Å²) < 4.78 is -0.412. The fourth-order valence-corrected chi connectivity index (χ4v) is 5.59. The zero-order valence-corrected chi connectivity index (χ0v) is 17.5. The quantitative estimate of drug-likeness (QED) is 0.223. The number of rotatable bonds is 12. The van der Waals surface area contributed by atoms with Gasteiger partial charge in [-0.1, -0.05) is 0 Å². The molecule has 27 heteroatoms. The van der Waals surface area contributed by atoms with Crippen molar-refractivity contribution in [2.24, 2.45) is 0 Å². The van der Waals surface area contributed by atoms with Crippen molar-refractivity contribution in [3.8, 4) is 0 Å². The molecule has 0 aromatic carbocycles. The van der Waals surface area contributed by atoms with Crippen molar-refractivity contribution in [3.05, 3.63) is 0 Å². The third-order valence-electron chi connectivity index (χ3n) is 4.96. The fourth-order valence-electron chi connectivity index (χ4n) is 3.67. The summed E-state index contributed by atoms with van der Waals surface area (Å²) in [6.45, 7) is 0. The van der Waals surface area contributed by atoms with Gasteiger partial charge in [-0.3, -0.25) is 0 Å². The summed E-state index contributed by atoms with van der Waals surface area (Å²) in [6, 6.07) is 0. The molecule has 0 unspecified atom stereocenters. The molecule has 0 aliphatic carbocycles. The highest BCUT2D eigenvalue weighted by Gasteiger charge is 2.50. The molecule has 0 atom stereocenters. The van der Waals surface area contributed by atoms with Crippen molar-refractivity contribution in [2.75, 3.05) is 0 Å². The molecule has 0 aromatic rings. The molecule has 0 saturated carbocycles. The Bertz CT molecular complexity index is 344. The molecule has 0 rings (SSSR count). The SMILES string of the molecule is [B][B]B(B([B])[B])B(B([B])[B])B(I)B(B(B([B])[B])B([B])[B])B(B([B])[B])B([B])[B]. The van der Waals surface area contributed by atoms with Crippen LogP contribution in [0.4, 0.5) is 0 Å². The summed E-state index contributed by atoms with van der Waals surface area (Å²) >= 11 is 2.13. The zero-order chi connectivity index (χ0) is 21.6. The van der Waals surface area contributed by atoms with E-state index in [0.29, 0.717) is 0 Å². The van der Waals surface area contributed by atoms with Gasteiger partial charge in [0.05, 0.1) is 0 Å². The van der Waals surface area contributed by atoms with E-state index >= 15 is 0 Å². The van der Waals surface area contributed by atoms with Gasteiger partial charge in [-0.25, -0.2) is 0 Å². The van der Waals surface area contributed by atoms with E-state index in [1.165, 1.54) is 7.06 Å². The van der Waals surface area contributed by atoms with E-state index < -0.39 is 74.6 Å². The molecule has 0 bridgehead atoms. The Morgan fingerprint density at radius 1 is 0.444 bits per heavy atom.